The third-order valence-corrected chi connectivity index (χ3v) is 7.81. The van der Waals surface area contributed by atoms with E-state index < -0.39 is 0 Å². The fourth-order valence-electron chi connectivity index (χ4n) is 5.99. The third kappa shape index (κ3) is 3.41. The summed E-state index contributed by atoms with van der Waals surface area (Å²) in [5.41, 5.74) is 7.77. The minimum absolute atomic E-state index is 0.324. The Bertz CT molecular complexity index is 2220. The minimum atomic E-state index is -0.324. The lowest BCUT2D eigenvalue weighted by Gasteiger charge is -2.14. The van der Waals surface area contributed by atoms with Crippen molar-refractivity contribution in [2.45, 2.75) is 0 Å². The third-order valence-electron chi connectivity index (χ3n) is 7.81. The molecule has 0 fully saturated rings. The van der Waals surface area contributed by atoms with Gasteiger partial charge in [-0.25, -0.2) is 4.79 Å². The van der Waals surface area contributed by atoms with Crippen molar-refractivity contribution in [3.05, 3.63) is 150 Å². The monoisotopic (exact) mass is 513 g/mol. The first-order valence-corrected chi connectivity index (χ1v) is 13.4. The van der Waals surface area contributed by atoms with Crippen molar-refractivity contribution < 1.29 is 4.42 Å². The molecule has 0 radical (unpaired) electrons. The van der Waals surface area contributed by atoms with E-state index in [2.05, 4.69) is 108 Å². The molecule has 0 saturated carbocycles. The van der Waals surface area contributed by atoms with E-state index in [1.54, 1.807) is 0 Å². The first-order chi connectivity index (χ1) is 19.8. The van der Waals surface area contributed by atoms with Gasteiger partial charge in [0.1, 0.15) is 0 Å². The molecule has 0 atom stereocenters. The molecule has 0 aliphatic rings. The van der Waals surface area contributed by atoms with Crippen LogP contribution < -0.4 is 5.63 Å². The quantitative estimate of drug-likeness (QED) is 0.174. The predicted octanol–water partition coefficient (Wildman–Crippen LogP) is 9.38. The molecule has 0 aliphatic heterocycles. The van der Waals surface area contributed by atoms with Crippen LogP contribution in [0.5, 0.6) is 0 Å². The summed E-state index contributed by atoms with van der Waals surface area (Å²) in [5, 5.41) is 4.58. The van der Waals surface area contributed by atoms with Gasteiger partial charge in [-0.1, -0.05) is 103 Å². The molecule has 0 N–H and O–H groups in total. The number of hydrogen-bond acceptors (Lipinski definition) is 2. The Labute approximate surface area is 230 Å². The van der Waals surface area contributed by atoms with Crippen LogP contribution in [0.25, 0.3) is 71.5 Å². The standard InChI is InChI=1S/C37H23NO2/c39-37-33-17-8-7-15-29(33)32-20-19-31-30-16-9-10-18-34(30)38(35(31)36(32)40-37)28-22-26(24-11-3-1-4-12-24)21-27(23-28)25-13-5-2-6-14-25/h1-23H. The number of rotatable bonds is 3. The van der Waals surface area contributed by atoms with Crippen molar-refractivity contribution in [2.75, 3.05) is 0 Å². The Kier molecular flexibility index (Phi) is 4.98. The number of benzene rings is 6. The van der Waals surface area contributed by atoms with Crippen molar-refractivity contribution in [3.8, 4) is 27.9 Å². The number of nitrogens with zero attached hydrogens (tertiary/aromatic N) is 1. The van der Waals surface area contributed by atoms with Crippen LogP contribution in [0.4, 0.5) is 0 Å². The van der Waals surface area contributed by atoms with E-state index in [0.717, 1.165) is 60.5 Å². The molecule has 0 amide bonds. The van der Waals surface area contributed by atoms with Crippen LogP contribution in [-0.4, -0.2) is 4.57 Å². The van der Waals surface area contributed by atoms with Crippen LogP contribution in [0.15, 0.2) is 149 Å². The van der Waals surface area contributed by atoms with Crippen LogP contribution in [0.1, 0.15) is 0 Å². The second-order valence-corrected chi connectivity index (χ2v) is 10.1. The van der Waals surface area contributed by atoms with Gasteiger partial charge in [0.15, 0.2) is 5.58 Å². The summed E-state index contributed by atoms with van der Waals surface area (Å²) >= 11 is 0. The van der Waals surface area contributed by atoms with Gasteiger partial charge in [-0.3, -0.25) is 0 Å². The highest BCUT2D eigenvalue weighted by molar-refractivity contribution is 6.20. The van der Waals surface area contributed by atoms with Crippen LogP contribution in [0.2, 0.25) is 0 Å². The van der Waals surface area contributed by atoms with E-state index in [9.17, 15) is 4.79 Å². The normalized spacial score (nSPS) is 11.6. The average molecular weight is 514 g/mol. The van der Waals surface area contributed by atoms with Crippen molar-refractivity contribution in [1.29, 1.82) is 0 Å². The summed E-state index contributed by atoms with van der Waals surface area (Å²) in [7, 11) is 0. The Morgan fingerprint density at radius 3 is 1.68 bits per heavy atom. The molecule has 0 unspecified atom stereocenters. The lowest BCUT2D eigenvalue weighted by Crippen LogP contribution is -2.01. The summed E-state index contributed by atoms with van der Waals surface area (Å²) in [5.74, 6) is 0. The summed E-state index contributed by atoms with van der Waals surface area (Å²) in [4.78, 5) is 13.2. The number of para-hydroxylation sites is 1. The highest BCUT2D eigenvalue weighted by atomic mass is 16.4. The molecule has 0 spiro atoms. The van der Waals surface area contributed by atoms with Gasteiger partial charge >= 0.3 is 5.63 Å². The molecular formula is C37H23NO2. The molecule has 0 bridgehead atoms. The van der Waals surface area contributed by atoms with Crippen molar-refractivity contribution >= 4 is 43.5 Å². The second-order valence-electron chi connectivity index (χ2n) is 10.1. The van der Waals surface area contributed by atoms with Crippen LogP contribution in [0, 0.1) is 0 Å². The summed E-state index contributed by atoms with van der Waals surface area (Å²) < 4.78 is 8.39. The molecule has 3 heteroatoms. The number of fused-ring (bicyclic) bond motifs is 7. The Balaban J connectivity index is 1.54. The largest absolute Gasteiger partial charge is 0.420 e. The topological polar surface area (TPSA) is 35.1 Å². The lowest BCUT2D eigenvalue weighted by molar-refractivity contribution is 0.572. The molecule has 40 heavy (non-hydrogen) atoms. The fraction of sp³-hybridized carbons (Fsp3) is 0. The maximum Gasteiger partial charge on any atom is 0.344 e. The number of hydrogen-bond donors (Lipinski definition) is 0. The zero-order valence-corrected chi connectivity index (χ0v) is 21.5. The zero-order chi connectivity index (χ0) is 26.6. The van der Waals surface area contributed by atoms with Gasteiger partial charge in [0.2, 0.25) is 0 Å². The zero-order valence-electron chi connectivity index (χ0n) is 21.5. The predicted molar refractivity (Wildman–Crippen MR) is 165 cm³/mol. The highest BCUT2D eigenvalue weighted by Crippen LogP contribution is 2.39. The van der Waals surface area contributed by atoms with E-state index in [1.807, 2.05) is 36.4 Å². The van der Waals surface area contributed by atoms with Crippen LogP contribution in [0.3, 0.4) is 0 Å². The smallest absolute Gasteiger partial charge is 0.344 e. The molecule has 8 aromatic rings. The SMILES string of the molecule is O=c1oc2c(ccc3c4ccccc4n(-c4cc(-c5ccccc5)cc(-c5ccccc5)c4)c32)c2ccccc12. The average Bonchev–Trinajstić information content (AvgIpc) is 3.37. The summed E-state index contributed by atoms with van der Waals surface area (Å²) in [6.45, 7) is 0. The van der Waals surface area contributed by atoms with Gasteiger partial charge in [-0.15, -0.1) is 0 Å². The molecule has 6 aromatic carbocycles. The lowest BCUT2D eigenvalue weighted by atomic mass is 9.98. The summed E-state index contributed by atoms with van der Waals surface area (Å²) in [6.07, 6.45) is 0. The Hall–Kier alpha value is -5.41. The first-order valence-electron chi connectivity index (χ1n) is 13.4. The maximum atomic E-state index is 13.2. The molecule has 8 rings (SSSR count). The molecule has 188 valence electrons. The van der Waals surface area contributed by atoms with Crippen molar-refractivity contribution in [1.82, 2.24) is 4.57 Å². The molecular weight excluding hydrogens is 490 g/mol. The second kappa shape index (κ2) is 8.82. The Morgan fingerprint density at radius 1 is 0.450 bits per heavy atom. The number of aromatic nitrogens is 1. The van der Waals surface area contributed by atoms with Crippen molar-refractivity contribution in [2.24, 2.45) is 0 Å². The van der Waals surface area contributed by atoms with Gasteiger partial charge in [0.25, 0.3) is 0 Å². The molecule has 0 aliphatic carbocycles. The van der Waals surface area contributed by atoms with Crippen LogP contribution in [-0.2, 0) is 0 Å². The van der Waals surface area contributed by atoms with E-state index in [4.69, 9.17) is 4.42 Å². The van der Waals surface area contributed by atoms with Gasteiger partial charge in [-0.2, -0.15) is 0 Å². The highest BCUT2D eigenvalue weighted by Gasteiger charge is 2.19. The first kappa shape index (κ1) is 22.6. The van der Waals surface area contributed by atoms with E-state index in [-0.39, 0.29) is 5.63 Å². The van der Waals surface area contributed by atoms with E-state index >= 15 is 0 Å². The molecule has 0 saturated heterocycles. The van der Waals surface area contributed by atoms with E-state index in [1.165, 1.54) is 0 Å². The molecule has 2 heterocycles. The van der Waals surface area contributed by atoms with Gasteiger partial charge < -0.3 is 8.98 Å². The molecule has 3 nitrogen and oxygen atoms in total. The van der Waals surface area contributed by atoms with Crippen LogP contribution >= 0.6 is 0 Å². The maximum absolute atomic E-state index is 13.2. The van der Waals surface area contributed by atoms with Gasteiger partial charge in [0.05, 0.1) is 16.4 Å². The van der Waals surface area contributed by atoms with Gasteiger partial charge in [-0.05, 0) is 64.0 Å². The fourth-order valence-corrected chi connectivity index (χ4v) is 5.99. The minimum Gasteiger partial charge on any atom is -0.420 e. The Morgan fingerprint density at radius 2 is 1.00 bits per heavy atom. The van der Waals surface area contributed by atoms with Crippen molar-refractivity contribution in [3.63, 3.8) is 0 Å². The van der Waals surface area contributed by atoms with Gasteiger partial charge in [0, 0.05) is 21.8 Å². The molecule has 2 aromatic heterocycles. The van der Waals surface area contributed by atoms with E-state index in [0.29, 0.717) is 11.0 Å². The summed E-state index contributed by atoms with van der Waals surface area (Å²) in [6, 6.07) is 47.9.